The summed E-state index contributed by atoms with van der Waals surface area (Å²) in [6.07, 6.45) is 0. The van der Waals surface area contributed by atoms with Crippen LogP contribution in [0.5, 0.6) is 0 Å². The van der Waals surface area contributed by atoms with Gasteiger partial charge in [-0.3, -0.25) is 9.59 Å². The molecule has 0 fully saturated rings. The normalized spacial score (nSPS) is 11.4. The second-order valence-corrected chi connectivity index (χ2v) is 8.43. The van der Waals surface area contributed by atoms with E-state index in [9.17, 15) is 14.4 Å². The van der Waals surface area contributed by atoms with E-state index in [-0.39, 0.29) is 30.3 Å². The Kier molecular flexibility index (Phi) is 8.40. The molecule has 3 rings (SSSR count). The van der Waals surface area contributed by atoms with Gasteiger partial charge in [0.1, 0.15) is 6.04 Å². The molecule has 176 valence electrons. The number of anilines is 2. The van der Waals surface area contributed by atoms with Crippen LogP contribution in [0.1, 0.15) is 35.3 Å². The molecule has 0 bridgehead atoms. The summed E-state index contributed by atoms with van der Waals surface area (Å²) in [5, 5.41) is 11.3. The van der Waals surface area contributed by atoms with Crippen molar-refractivity contribution in [2.75, 3.05) is 10.6 Å². The lowest BCUT2D eigenvalue weighted by Gasteiger charge is -2.22. The molecule has 3 aromatic carbocycles. The van der Waals surface area contributed by atoms with E-state index >= 15 is 0 Å². The molecule has 0 aliphatic heterocycles. The van der Waals surface area contributed by atoms with E-state index in [1.165, 1.54) is 0 Å². The minimum Gasteiger partial charge on any atom is -0.350 e. The molecule has 0 saturated heterocycles. The summed E-state index contributed by atoms with van der Waals surface area (Å²) in [6.45, 7) is 5.98. The number of aryl methyl sites for hydroxylation is 1. The number of rotatable bonds is 8. The topological polar surface area (TPSA) is 99.3 Å². The average Bonchev–Trinajstić information content (AvgIpc) is 2.81. The van der Waals surface area contributed by atoms with Gasteiger partial charge >= 0.3 is 6.03 Å². The summed E-state index contributed by atoms with van der Waals surface area (Å²) in [5.74, 6) is -0.652. The second-order valence-electron chi connectivity index (χ2n) is 8.43. The van der Waals surface area contributed by atoms with Crippen LogP contribution in [0.3, 0.4) is 0 Å². The zero-order valence-corrected chi connectivity index (χ0v) is 19.6. The van der Waals surface area contributed by atoms with Gasteiger partial charge in [-0.1, -0.05) is 56.3 Å². The number of amides is 4. The van der Waals surface area contributed by atoms with Crippen LogP contribution in [0.15, 0.2) is 78.9 Å². The smallest absolute Gasteiger partial charge is 0.323 e. The van der Waals surface area contributed by atoms with Crippen molar-refractivity contribution < 1.29 is 14.4 Å². The van der Waals surface area contributed by atoms with E-state index in [4.69, 9.17) is 0 Å². The third-order valence-corrected chi connectivity index (χ3v) is 5.20. The van der Waals surface area contributed by atoms with Gasteiger partial charge < -0.3 is 21.3 Å². The summed E-state index contributed by atoms with van der Waals surface area (Å²) in [5.41, 5.74) is 3.69. The van der Waals surface area contributed by atoms with Gasteiger partial charge in [0.15, 0.2) is 0 Å². The van der Waals surface area contributed by atoms with Gasteiger partial charge in [-0.15, -0.1) is 0 Å². The first kappa shape index (κ1) is 24.5. The predicted molar refractivity (Wildman–Crippen MR) is 135 cm³/mol. The quantitative estimate of drug-likeness (QED) is 0.393. The average molecular weight is 459 g/mol. The largest absolute Gasteiger partial charge is 0.350 e. The first-order valence-corrected chi connectivity index (χ1v) is 11.2. The first-order chi connectivity index (χ1) is 16.3. The Balaban J connectivity index is 1.56. The van der Waals surface area contributed by atoms with Crippen molar-refractivity contribution >= 4 is 29.2 Å². The van der Waals surface area contributed by atoms with Crippen LogP contribution in [0.2, 0.25) is 0 Å². The van der Waals surface area contributed by atoms with Gasteiger partial charge in [-0.2, -0.15) is 0 Å². The van der Waals surface area contributed by atoms with Crippen LogP contribution in [-0.2, 0) is 11.3 Å². The fourth-order valence-electron chi connectivity index (χ4n) is 3.42. The third kappa shape index (κ3) is 7.20. The minimum atomic E-state index is -0.672. The molecule has 3 aromatic rings. The maximum atomic E-state index is 12.8. The molecule has 7 heteroatoms. The minimum absolute atomic E-state index is 0.0917. The fourth-order valence-corrected chi connectivity index (χ4v) is 3.42. The van der Waals surface area contributed by atoms with Crippen LogP contribution >= 0.6 is 0 Å². The van der Waals surface area contributed by atoms with Gasteiger partial charge in [0.05, 0.1) is 0 Å². The zero-order chi connectivity index (χ0) is 24.5. The molecule has 7 nitrogen and oxygen atoms in total. The lowest BCUT2D eigenvalue weighted by molar-refractivity contribution is -0.124. The summed E-state index contributed by atoms with van der Waals surface area (Å²) >= 11 is 0. The Hall–Kier alpha value is -4.13. The highest BCUT2D eigenvalue weighted by Gasteiger charge is 2.24. The highest BCUT2D eigenvalue weighted by molar-refractivity contribution is 6.00. The Bertz CT molecular complexity index is 1150. The Morgan fingerprint density at radius 1 is 0.794 bits per heavy atom. The van der Waals surface area contributed by atoms with Crippen molar-refractivity contribution in [3.8, 4) is 0 Å². The van der Waals surface area contributed by atoms with Crippen LogP contribution in [0.25, 0.3) is 0 Å². The number of urea groups is 1. The zero-order valence-electron chi connectivity index (χ0n) is 19.6. The molecule has 1 atom stereocenters. The number of carbonyl (C=O) groups excluding carboxylic acids is 3. The van der Waals surface area contributed by atoms with Crippen molar-refractivity contribution in [2.45, 2.75) is 33.4 Å². The second kappa shape index (κ2) is 11.7. The van der Waals surface area contributed by atoms with Crippen LogP contribution in [0, 0.1) is 12.8 Å². The summed E-state index contributed by atoms with van der Waals surface area (Å²) < 4.78 is 0. The molecule has 0 heterocycles. The molecule has 1 unspecified atom stereocenters. The molecule has 0 saturated carbocycles. The molecular formula is C27H30N4O3. The maximum absolute atomic E-state index is 12.8. The number of hydrogen-bond acceptors (Lipinski definition) is 3. The molecule has 0 aliphatic carbocycles. The summed E-state index contributed by atoms with van der Waals surface area (Å²) in [7, 11) is 0. The first-order valence-electron chi connectivity index (χ1n) is 11.2. The number of nitrogens with one attached hydrogen (secondary N) is 4. The monoisotopic (exact) mass is 458 g/mol. The number of benzene rings is 3. The fraction of sp³-hybridized carbons (Fsp3) is 0.222. The van der Waals surface area contributed by atoms with Crippen LogP contribution < -0.4 is 21.3 Å². The molecular weight excluding hydrogens is 428 g/mol. The molecule has 34 heavy (non-hydrogen) atoms. The standard InChI is InChI=1S/C27H30N4O3/c1-18(2)24(31-25(32)21-11-5-4-6-12-21)26(33)28-17-20-10-8-14-23(16-20)30-27(34)29-22-13-7-9-19(3)15-22/h4-16,18,24H,17H2,1-3H3,(H,28,33)(H,31,32)(H2,29,30,34). The number of hydrogen-bond donors (Lipinski definition) is 4. The van der Waals surface area contributed by atoms with Crippen molar-refractivity contribution in [2.24, 2.45) is 5.92 Å². The van der Waals surface area contributed by atoms with E-state index in [2.05, 4.69) is 21.3 Å². The Morgan fingerprint density at radius 3 is 2.09 bits per heavy atom. The van der Waals surface area contributed by atoms with E-state index in [1.807, 2.05) is 57.2 Å². The van der Waals surface area contributed by atoms with Crippen molar-refractivity contribution in [1.82, 2.24) is 10.6 Å². The molecule has 0 radical (unpaired) electrons. The van der Waals surface area contributed by atoms with Gasteiger partial charge in [0.2, 0.25) is 5.91 Å². The van der Waals surface area contributed by atoms with Crippen LogP contribution in [-0.4, -0.2) is 23.9 Å². The van der Waals surface area contributed by atoms with E-state index in [1.54, 1.807) is 42.5 Å². The Morgan fingerprint density at radius 2 is 1.44 bits per heavy atom. The molecule has 0 spiro atoms. The number of carbonyl (C=O) groups is 3. The predicted octanol–water partition coefficient (Wildman–Crippen LogP) is 4.71. The van der Waals surface area contributed by atoms with Crippen molar-refractivity contribution in [3.63, 3.8) is 0 Å². The highest BCUT2D eigenvalue weighted by Crippen LogP contribution is 2.14. The van der Waals surface area contributed by atoms with E-state index in [0.29, 0.717) is 16.9 Å². The van der Waals surface area contributed by atoms with E-state index in [0.717, 1.165) is 11.1 Å². The van der Waals surface area contributed by atoms with Crippen molar-refractivity contribution in [1.29, 1.82) is 0 Å². The lowest BCUT2D eigenvalue weighted by atomic mass is 10.0. The highest BCUT2D eigenvalue weighted by atomic mass is 16.2. The molecule has 4 amide bonds. The molecule has 0 aliphatic rings. The van der Waals surface area contributed by atoms with Crippen molar-refractivity contribution in [3.05, 3.63) is 95.6 Å². The Labute approximate surface area is 200 Å². The molecule has 4 N–H and O–H groups in total. The van der Waals surface area contributed by atoms with E-state index < -0.39 is 6.04 Å². The summed E-state index contributed by atoms with van der Waals surface area (Å²) in [6, 6.07) is 22.5. The van der Waals surface area contributed by atoms with Gasteiger partial charge in [0.25, 0.3) is 5.91 Å². The molecule has 0 aromatic heterocycles. The summed E-state index contributed by atoms with van der Waals surface area (Å²) in [4.78, 5) is 37.6. The van der Waals surface area contributed by atoms with Gasteiger partial charge in [0, 0.05) is 23.5 Å². The maximum Gasteiger partial charge on any atom is 0.323 e. The SMILES string of the molecule is Cc1cccc(NC(=O)Nc2cccc(CNC(=O)C(NC(=O)c3ccccc3)C(C)C)c2)c1. The van der Waals surface area contributed by atoms with Crippen LogP contribution in [0.4, 0.5) is 16.2 Å². The lowest BCUT2D eigenvalue weighted by Crippen LogP contribution is -2.49. The van der Waals surface area contributed by atoms with Gasteiger partial charge in [-0.25, -0.2) is 4.79 Å². The third-order valence-electron chi connectivity index (χ3n) is 5.20. The van der Waals surface area contributed by atoms with Gasteiger partial charge in [-0.05, 0) is 60.4 Å².